The van der Waals surface area contributed by atoms with Crippen molar-refractivity contribution in [2.45, 2.75) is 19.9 Å². The van der Waals surface area contributed by atoms with Crippen molar-refractivity contribution in [3.05, 3.63) is 39.6 Å². The fraction of sp³-hybridized carbons (Fsp3) is 0.467. The van der Waals surface area contributed by atoms with Gasteiger partial charge >= 0.3 is 0 Å². The summed E-state index contributed by atoms with van der Waals surface area (Å²) in [6.07, 6.45) is 3.71. The summed E-state index contributed by atoms with van der Waals surface area (Å²) in [4.78, 5) is 21.3. The van der Waals surface area contributed by atoms with Crippen LogP contribution >= 0.6 is 23.7 Å². The molecule has 0 radical (unpaired) electrons. The fourth-order valence-electron chi connectivity index (χ4n) is 2.70. The van der Waals surface area contributed by atoms with E-state index in [-0.39, 0.29) is 24.4 Å². The van der Waals surface area contributed by atoms with E-state index in [1.807, 2.05) is 28.8 Å². The molecule has 0 spiro atoms. The second-order valence-corrected chi connectivity index (χ2v) is 6.72. The number of carbonyl (C=O) groups is 1. The average Bonchev–Trinajstić information content (AvgIpc) is 3.05. The molecule has 2 aromatic heterocycles. The van der Waals surface area contributed by atoms with Gasteiger partial charge in [-0.15, -0.1) is 23.7 Å². The van der Waals surface area contributed by atoms with Gasteiger partial charge < -0.3 is 14.8 Å². The maximum Gasteiger partial charge on any atom is 0.264 e. The Balaban J connectivity index is 0.00000176. The van der Waals surface area contributed by atoms with Crippen LogP contribution in [0, 0.1) is 13.8 Å². The van der Waals surface area contributed by atoms with E-state index >= 15 is 0 Å². The number of nitrogens with zero attached hydrogens (tertiary/aromatic N) is 3. The minimum Gasteiger partial charge on any atom is -0.336 e. The van der Waals surface area contributed by atoms with Crippen LogP contribution < -0.4 is 5.32 Å². The summed E-state index contributed by atoms with van der Waals surface area (Å²) in [6.45, 7) is 6.41. The molecule has 0 aromatic carbocycles. The SMILES string of the molecule is Cc1cc(C(=O)N2CCNCC2c2nccn2C)sc1C.Cl. The Morgan fingerprint density at radius 3 is 2.82 bits per heavy atom. The van der Waals surface area contributed by atoms with E-state index in [0.29, 0.717) is 6.54 Å². The molecule has 2 aromatic rings. The van der Waals surface area contributed by atoms with Crippen molar-refractivity contribution >= 4 is 29.7 Å². The van der Waals surface area contributed by atoms with E-state index in [4.69, 9.17) is 0 Å². The van der Waals surface area contributed by atoms with Gasteiger partial charge in [-0.25, -0.2) is 4.98 Å². The summed E-state index contributed by atoms with van der Waals surface area (Å²) in [6, 6.07) is 1.99. The number of thiophene rings is 1. The Kier molecular flexibility index (Phi) is 5.26. The van der Waals surface area contributed by atoms with E-state index in [9.17, 15) is 4.79 Å². The molecule has 1 aliphatic rings. The minimum absolute atomic E-state index is 0. The zero-order chi connectivity index (χ0) is 15.0. The predicted molar refractivity (Wildman–Crippen MR) is 90.9 cm³/mol. The maximum atomic E-state index is 12.9. The summed E-state index contributed by atoms with van der Waals surface area (Å²) in [5.41, 5.74) is 1.19. The highest BCUT2D eigenvalue weighted by Gasteiger charge is 2.31. The molecule has 1 atom stereocenters. The van der Waals surface area contributed by atoms with Gasteiger partial charge in [-0.05, 0) is 25.5 Å². The number of nitrogens with one attached hydrogen (secondary N) is 1. The zero-order valence-electron chi connectivity index (χ0n) is 13.0. The molecule has 0 bridgehead atoms. The van der Waals surface area contributed by atoms with Crippen LogP contribution in [0.3, 0.4) is 0 Å². The topological polar surface area (TPSA) is 50.2 Å². The normalized spacial score (nSPS) is 18.1. The number of aryl methyl sites for hydroxylation is 3. The standard InChI is InChI=1S/C15H20N4OS.ClH/c1-10-8-13(21-11(10)2)15(20)19-7-4-16-9-12(19)14-17-5-6-18(14)3;/h5-6,8,12,16H,4,7,9H2,1-3H3;1H. The maximum absolute atomic E-state index is 12.9. The lowest BCUT2D eigenvalue weighted by molar-refractivity contribution is 0.0626. The molecular weight excluding hydrogens is 320 g/mol. The van der Waals surface area contributed by atoms with Crippen LogP contribution in [-0.4, -0.2) is 40.0 Å². The van der Waals surface area contributed by atoms with Crippen LogP contribution in [0.5, 0.6) is 0 Å². The number of carbonyl (C=O) groups excluding carboxylic acids is 1. The van der Waals surface area contributed by atoms with Crippen LogP contribution in [0.25, 0.3) is 0 Å². The van der Waals surface area contributed by atoms with Crippen molar-refractivity contribution in [3.8, 4) is 0 Å². The smallest absolute Gasteiger partial charge is 0.264 e. The van der Waals surface area contributed by atoms with Gasteiger partial charge in [0.1, 0.15) is 11.9 Å². The molecule has 3 rings (SSSR count). The number of hydrogen-bond donors (Lipinski definition) is 1. The van der Waals surface area contributed by atoms with Crippen molar-refractivity contribution in [2.75, 3.05) is 19.6 Å². The number of rotatable bonds is 2. The highest BCUT2D eigenvalue weighted by atomic mass is 35.5. The first-order valence-electron chi connectivity index (χ1n) is 7.14. The van der Waals surface area contributed by atoms with Crippen LogP contribution in [0.4, 0.5) is 0 Å². The minimum atomic E-state index is -0.00559. The van der Waals surface area contributed by atoms with Crippen LogP contribution in [0.2, 0.25) is 0 Å². The lowest BCUT2D eigenvalue weighted by atomic mass is 10.1. The second-order valence-electron chi connectivity index (χ2n) is 5.46. The van der Waals surface area contributed by atoms with E-state index in [1.54, 1.807) is 17.5 Å². The van der Waals surface area contributed by atoms with E-state index in [0.717, 1.165) is 23.8 Å². The highest BCUT2D eigenvalue weighted by molar-refractivity contribution is 7.14. The summed E-state index contributed by atoms with van der Waals surface area (Å²) >= 11 is 1.58. The third kappa shape index (κ3) is 3.04. The Bertz CT molecular complexity index is 647. The zero-order valence-corrected chi connectivity index (χ0v) is 14.6. The molecule has 7 heteroatoms. The number of hydrogen-bond acceptors (Lipinski definition) is 4. The Hall–Kier alpha value is -1.37. The molecule has 1 amide bonds. The van der Waals surface area contributed by atoms with Crippen molar-refractivity contribution in [1.29, 1.82) is 0 Å². The number of aromatic nitrogens is 2. The van der Waals surface area contributed by atoms with Crippen molar-refractivity contribution < 1.29 is 4.79 Å². The van der Waals surface area contributed by atoms with Gasteiger partial charge in [0, 0.05) is 44.0 Å². The van der Waals surface area contributed by atoms with Crippen LogP contribution in [-0.2, 0) is 7.05 Å². The second kappa shape index (κ2) is 6.81. The summed E-state index contributed by atoms with van der Waals surface area (Å²) in [7, 11) is 1.97. The fourth-order valence-corrected chi connectivity index (χ4v) is 3.69. The van der Waals surface area contributed by atoms with Gasteiger partial charge in [-0.3, -0.25) is 4.79 Å². The highest BCUT2D eigenvalue weighted by Crippen LogP contribution is 2.27. The first kappa shape index (κ1) is 17.0. The van der Waals surface area contributed by atoms with Crippen LogP contribution in [0.1, 0.15) is 32.0 Å². The van der Waals surface area contributed by atoms with Gasteiger partial charge in [-0.1, -0.05) is 0 Å². The molecule has 120 valence electrons. The van der Waals surface area contributed by atoms with Gasteiger partial charge in [-0.2, -0.15) is 0 Å². The van der Waals surface area contributed by atoms with Crippen molar-refractivity contribution in [3.63, 3.8) is 0 Å². The number of amides is 1. The van der Waals surface area contributed by atoms with Gasteiger partial charge in [0.2, 0.25) is 0 Å². The van der Waals surface area contributed by atoms with E-state index in [2.05, 4.69) is 24.1 Å². The quantitative estimate of drug-likeness (QED) is 0.912. The molecule has 1 N–H and O–H groups in total. The first-order chi connectivity index (χ1) is 10.1. The van der Waals surface area contributed by atoms with E-state index < -0.39 is 0 Å². The molecule has 1 saturated heterocycles. The lowest BCUT2D eigenvalue weighted by Crippen LogP contribution is -2.49. The molecule has 0 aliphatic carbocycles. The monoisotopic (exact) mass is 340 g/mol. The molecular formula is C15H21ClN4OS. The van der Waals surface area contributed by atoms with Gasteiger partial charge in [0.05, 0.1) is 4.88 Å². The third-order valence-corrected chi connectivity index (χ3v) is 5.18. The molecule has 1 aliphatic heterocycles. The molecule has 1 unspecified atom stereocenters. The number of piperazine rings is 1. The molecule has 5 nitrogen and oxygen atoms in total. The summed E-state index contributed by atoms with van der Waals surface area (Å²) in [5.74, 6) is 1.05. The molecule has 22 heavy (non-hydrogen) atoms. The number of imidazole rings is 1. The first-order valence-corrected chi connectivity index (χ1v) is 7.95. The van der Waals surface area contributed by atoms with E-state index in [1.165, 1.54) is 10.4 Å². The van der Waals surface area contributed by atoms with Gasteiger partial charge in [0.15, 0.2) is 0 Å². The van der Waals surface area contributed by atoms with Crippen molar-refractivity contribution in [1.82, 2.24) is 19.8 Å². The summed E-state index contributed by atoms with van der Waals surface area (Å²) < 4.78 is 1.99. The largest absolute Gasteiger partial charge is 0.336 e. The molecule has 0 saturated carbocycles. The Morgan fingerprint density at radius 2 is 2.23 bits per heavy atom. The lowest BCUT2D eigenvalue weighted by Gasteiger charge is -2.35. The average molecular weight is 341 g/mol. The molecule has 1 fully saturated rings. The third-order valence-electron chi connectivity index (χ3n) is 4.04. The Morgan fingerprint density at radius 1 is 1.45 bits per heavy atom. The van der Waals surface area contributed by atoms with Gasteiger partial charge in [0.25, 0.3) is 5.91 Å². The molecule has 3 heterocycles. The number of halogens is 1. The Labute approximate surface area is 140 Å². The van der Waals surface area contributed by atoms with Crippen LogP contribution in [0.15, 0.2) is 18.5 Å². The summed E-state index contributed by atoms with van der Waals surface area (Å²) in [5, 5.41) is 3.36. The predicted octanol–water partition coefficient (Wildman–Crippen LogP) is 2.31. The van der Waals surface area contributed by atoms with Crippen molar-refractivity contribution in [2.24, 2.45) is 7.05 Å².